The molecule has 2 aromatic heterocycles. The number of hydrogen-bond acceptors (Lipinski definition) is 5. The van der Waals surface area contributed by atoms with Crippen molar-refractivity contribution in [3.05, 3.63) is 82.4 Å². The van der Waals surface area contributed by atoms with Gasteiger partial charge in [-0.3, -0.25) is 4.79 Å². The summed E-state index contributed by atoms with van der Waals surface area (Å²) in [5, 5.41) is 3.83. The van der Waals surface area contributed by atoms with Crippen LogP contribution in [-0.2, 0) is 27.6 Å². The minimum absolute atomic E-state index is 0.0727. The third kappa shape index (κ3) is 4.23. The molecule has 0 radical (unpaired) electrons. The molecule has 1 unspecified atom stereocenters. The van der Waals surface area contributed by atoms with Crippen molar-refractivity contribution in [2.75, 3.05) is 5.75 Å². The fourth-order valence-corrected chi connectivity index (χ4v) is 5.10. The minimum atomic E-state index is -3.25. The van der Waals surface area contributed by atoms with E-state index in [1.54, 1.807) is 17.2 Å². The van der Waals surface area contributed by atoms with Crippen molar-refractivity contribution in [3.63, 3.8) is 0 Å². The number of hydrogen-bond donors (Lipinski definition) is 0. The normalized spacial score (nSPS) is 17.6. The number of thiazole rings is 1. The van der Waals surface area contributed by atoms with Gasteiger partial charge in [0.2, 0.25) is 5.91 Å². The Balaban J connectivity index is 1.51. The number of nitrogens with zero attached hydrogens (tertiary/aromatic N) is 3. The lowest BCUT2D eigenvalue weighted by Crippen LogP contribution is -2.41. The van der Waals surface area contributed by atoms with E-state index in [2.05, 4.69) is 4.98 Å². The molecule has 4 rings (SSSR count). The quantitative estimate of drug-likeness (QED) is 0.623. The smallest absolute Gasteiger partial charge is 0.227 e. The van der Waals surface area contributed by atoms with E-state index < -0.39 is 15.9 Å². The maximum atomic E-state index is 13.0. The molecule has 1 amide bonds. The number of carbonyl (C=O) groups is 1. The zero-order chi connectivity index (χ0) is 19.6. The molecule has 1 aliphatic rings. The van der Waals surface area contributed by atoms with E-state index in [1.165, 1.54) is 16.7 Å². The Hall–Kier alpha value is -2.71. The Morgan fingerprint density at radius 1 is 1.21 bits per heavy atom. The van der Waals surface area contributed by atoms with Crippen molar-refractivity contribution in [3.8, 4) is 5.69 Å². The Morgan fingerprint density at radius 3 is 2.57 bits per heavy atom. The molecule has 0 saturated heterocycles. The second-order valence-electron chi connectivity index (χ2n) is 6.61. The summed E-state index contributed by atoms with van der Waals surface area (Å²) in [4.78, 5) is 18.9. The third-order valence-electron chi connectivity index (χ3n) is 4.62. The Morgan fingerprint density at radius 2 is 1.96 bits per heavy atom. The zero-order valence-corrected chi connectivity index (χ0v) is 16.6. The number of aromatic nitrogens is 2. The summed E-state index contributed by atoms with van der Waals surface area (Å²) in [6, 6.07) is 11.2. The maximum Gasteiger partial charge on any atom is 0.227 e. The predicted molar refractivity (Wildman–Crippen MR) is 109 cm³/mol. The second-order valence-corrected chi connectivity index (χ2v) is 9.52. The zero-order valence-electron chi connectivity index (χ0n) is 15.0. The number of carbonyl (C=O) groups excluding carboxylic acids is 1. The molecule has 0 aliphatic carbocycles. The molecule has 8 heteroatoms. The molecule has 0 saturated carbocycles. The van der Waals surface area contributed by atoms with E-state index in [0.29, 0.717) is 6.54 Å². The molecule has 0 spiro atoms. The molecule has 0 fully saturated rings. The van der Waals surface area contributed by atoms with Crippen LogP contribution in [-0.4, -0.2) is 40.6 Å². The van der Waals surface area contributed by atoms with Crippen LogP contribution in [0.15, 0.2) is 71.9 Å². The summed E-state index contributed by atoms with van der Waals surface area (Å²) < 4.78 is 25.7. The molecule has 1 atom stereocenters. The summed E-state index contributed by atoms with van der Waals surface area (Å²) in [7, 11) is -3.25. The number of benzene rings is 1. The van der Waals surface area contributed by atoms with E-state index >= 15 is 0 Å². The third-order valence-corrected chi connectivity index (χ3v) is 6.76. The van der Waals surface area contributed by atoms with Crippen LogP contribution in [0.4, 0.5) is 0 Å². The van der Waals surface area contributed by atoms with Gasteiger partial charge in [-0.25, -0.2) is 13.4 Å². The van der Waals surface area contributed by atoms with E-state index in [9.17, 15) is 13.2 Å². The average Bonchev–Trinajstić information content (AvgIpc) is 3.42. The highest BCUT2D eigenvalue weighted by molar-refractivity contribution is 7.94. The van der Waals surface area contributed by atoms with Crippen molar-refractivity contribution in [2.24, 2.45) is 0 Å². The highest BCUT2D eigenvalue weighted by Gasteiger charge is 2.30. The monoisotopic (exact) mass is 413 g/mol. The molecule has 1 aromatic carbocycles. The largest absolute Gasteiger partial charge is 0.328 e. The number of rotatable bonds is 6. The van der Waals surface area contributed by atoms with Gasteiger partial charge < -0.3 is 9.47 Å². The molecule has 0 bridgehead atoms. The first-order valence-corrected chi connectivity index (χ1v) is 11.4. The molecular weight excluding hydrogens is 394 g/mol. The lowest BCUT2D eigenvalue weighted by molar-refractivity contribution is -0.132. The predicted octanol–water partition coefficient (Wildman–Crippen LogP) is 2.82. The first-order valence-electron chi connectivity index (χ1n) is 8.81. The molecule has 0 N–H and O–H groups in total. The van der Waals surface area contributed by atoms with Gasteiger partial charge in [0.15, 0.2) is 9.84 Å². The van der Waals surface area contributed by atoms with Gasteiger partial charge in [-0.15, -0.1) is 11.3 Å². The lowest BCUT2D eigenvalue weighted by Gasteiger charge is -2.27. The van der Waals surface area contributed by atoms with Crippen LogP contribution in [0.3, 0.4) is 0 Å². The fourth-order valence-electron chi connectivity index (χ4n) is 3.19. The van der Waals surface area contributed by atoms with Gasteiger partial charge in [0, 0.05) is 35.1 Å². The molecule has 3 aromatic rings. The van der Waals surface area contributed by atoms with Gasteiger partial charge in [-0.2, -0.15) is 0 Å². The van der Waals surface area contributed by atoms with Crippen molar-refractivity contribution in [2.45, 2.75) is 19.0 Å². The van der Waals surface area contributed by atoms with Crippen molar-refractivity contribution >= 4 is 27.1 Å². The lowest BCUT2D eigenvalue weighted by atomic mass is 10.1. The van der Waals surface area contributed by atoms with Gasteiger partial charge in [0.25, 0.3) is 0 Å². The molecule has 144 valence electrons. The Bertz CT molecular complexity index is 1070. The van der Waals surface area contributed by atoms with Crippen LogP contribution in [0.5, 0.6) is 0 Å². The Kier molecular flexibility index (Phi) is 5.15. The summed E-state index contributed by atoms with van der Waals surface area (Å²) in [5.74, 6) is -0.188. The number of sulfone groups is 1. The first-order chi connectivity index (χ1) is 13.5. The second kappa shape index (κ2) is 7.73. The standard InChI is InChI=1S/C20H19N3O3S2/c24-20(13-16-3-5-17(6-4-16)22-9-1-2-10-22)23(14-19-21-8-11-27-19)18-7-12-28(25,26)15-18/h1-12,18H,13-15H2. The van der Waals surface area contributed by atoms with Gasteiger partial charge in [-0.05, 0) is 35.9 Å². The van der Waals surface area contributed by atoms with Crippen LogP contribution in [0.25, 0.3) is 5.69 Å². The van der Waals surface area contributed by atoms with Crippen LogP contribution >= 0.6 is 11.3 Å². The van der Waals surface area contributed by atoms with Gasteiger partial charge in [0.05, 0.1) is 24.8 Å². The number of amides is 1. The van der Waals surface area contributed by atoms with Crippen LogP contribution < -0.4 is 0 Å². The fraction of sp³-hybridized carbons (Fsp3) is 0.200. The van der Waals surface area contributed by atoms with Crippen molar-refractivity contribution < 1.29 is 13.2 Å². The van der Waals surface area contributed by atoms with Gasteiger partial charge in [0.1, 0.15) is 5.01 Å². The molecular formula is C20H19N3O3S2. The summed E-state index contributed by atoms with van der Waals surface area (Å²) >= 11 is 1.45. The van der Waals surface area contributed by atoms with E-state index in [4.69, 9.17) is 0 Å². The van der Waals surface area contributed by atoms with E-state index in [0.717, 1.165) is 16.3 Å². The Labute approximate surface area is 167 Å². The molecule has 3 heterocycles. The maximum absolute atomic E-state index is 13.0. The topological polar surface area (TPSA) is 72.3 Å². The summed E-state index contributed by atoms with van der Waals surface area (Å²) in [5.41, 5.74) is 1.90. The van der Waals surface area contributed by atoms with E-state index in [1.807, 2.05) is 58.7 Å². The average molecular weight is 414 g/mol. The van der Waals surface area contributed by atoms with Crippen molar-refractivity contribution in [1.29, 1.82) is 0 Å². The molecule has 28 heavy (non-hydrogen) atoms. The van der Waals surface area contributed by atoms with Crippen LogP contribution in [0.2, 0.25) is 0 Å². The minimum Gasteiger partial charge on any atom is -0.328 e. The summed E-state index contributed by atoms with van der Waals surface area (Å²) in [6.45, 7) is 0.308. The SMILES string of the molecule is O=C(Cc1ccc(-n2cccc2)cc1)N(Cc1nccs1)C1C=CS(=O)(=O)C1. The highest BCUT2D eigenvalue weighted by Crippen LogP contribution is 2.20. The molecule has 6 nitrogen and oxygen atoms in total. The van der Waals surface area contributed by atoms with Crippen molar-refractivity contribution in [1.82, 2.24) is 14.5 Å². The van der Waals surface area contributed by atoms with Gasteiger partial charge in [-0.1, -0.05) is 12.1 Å². The summed E-state index contributed by atoms with van der Waals surface area (Å²) in [6.07, 6.45) is 7.41. The van der Waals surface area contributed by atoms with Gasteiger partial charge >= 0.3 is 0 Å². The van der Waals surface area contributed by atoms with E-state index in [-0.39, 0.29) is 18.1 Å². The highest BCUT2D eigenvalue weighted by atomic mass is 32.2. The molecule has 1 aliphatic heterocycles. The van der Waals surface area contributed by atoms with Crippen LogP contribution in [0, 0.1) is 0 Å². The van der Waals surface area contributed by atoms with Crippen LogP contribution in [0.1, 0.15) is 10.6 Å². The first kappa shape index (κ1) is 18.6.